The van der Waals surface area contributed by atoms with Crippen molar-refractivity contribution in [1.29, 1.82) is 0 Å². The minimum Gasteiger partial charge on any atom is -0.340 e. The van der Waals surface area contributed by atoms with Crippen molar-refractivity contribution in [2.24, 2.45) is 5.92 Å². The number of halogens is 4. The second-order valence-corrected chi connectivity index (χ2v) is 8.66. The number of nitrogens with zero attached hydrogens (tertiary/aromatic N) is 1. The van der Waals surface area contributed by atoms with Gasteiger partial charge in [-0.05, 0) is 60.7 Å². The number of aromatic nitrogens is 1. The van der Waals surface area contributed by atoms with Gasteiger partial charge in [0, 0.05) is 18.5 Å². The van der Waals surface area contributed by atoms with Crippen LogP contribution in [0.1, 0.15) is 40.8 Å². The predicted molar refractivity (Wildman–Crippen MR) is 117 cm³/mol. The van der Waals surface area contributed by atoms with Crippen LogP contribution in [0.25, 0.3) is 0 Å². The lowest BCUT2D eigenvalue weighted by molar-refractivity contribution is -0.137. The van der Waals surface area contributed by atoms with E-state index >= 15 is 0 Å². The quantitative estimate of drug-likeness (QED) is 0.486. The van der Waals surface area contributed by atoms with E-state index in [1.807, 2.05) is 30.3 Å². The maximum atomic E-state index is 13.7. The number of carbonyl (C=O) groups excluding carboxylic acids is 1. The van der Waals surface area contributed by atoms with Crippen molar-refractivity contribution in [3.63, 3.8) is 0 Å². The van der Waals surface area contributed by atoms with Crippen LogP contribution < -0.4 is 5.32 Å². The van der Waals surface area contributed by atoms with E-state index in [0.29, 0.717) is 21.8 Å². The number of aryl methyl sites for hydroxylation is 1. The molecule has 0 unspecified atom stereocenters. The van der Waals surface area contributed by atoms with E-state index in [-0.39, 0.29) is 18.2 Å². The fourth-order valence-electron chi connectivity index (χ4n) is 3.95. The summed E-state index contributed by atoms with van der Waals surface area (Å²) in [5.41, 5.74) is 0.211. The van der Waals surface area contributed by atoms with Gasteiger partial charge >= 0.3 is 6.18 Å². The SMILES string of the molecule is Cc1ccc(C(F)(F)F)cc1[C@](Cc1ccccc1)(NC(=O)C1CC1)c1ccc(Cl)cn1. The topological polar surface area (TPSA) is 42.0 Å². The Bertz CT molecular complexity index is 1110. The Morgan fingerprint density at radius 1 is 1.09 bits per heavy atom. The summed E-state index contributed by atoms with van der Waals surface area (Å²) >= 11 is 6.05. The molecule has 0 aliphatic heterocycles. The van der Waals surface area contributed by atoms with E-state index in [4.69, 9.17) is 11.6 Å². The van der Waals surface area contributed by atoms with Crippen LogP contribution in [0.5, 0.6) is 0 Å². The monoisotopic (exact) mass is 458 g/mol. The van der Waals surface area contributed by atoms with Gasteiger partial charge in [0.05, 0.1) is 16.3 Å². The second-order valence-electron chi connectivity index (χ2n) is 8.22. The Kier molecular flexibility index (Phi) is 5.99. The van der Waals surface area contributed by atoms with E-state index in [9.17, 15) is 18.0 Å². The van der Waals surface area contributed by atoms with Crippen molar-refractivity contribution < 1.29 is 18.0 Å². The highest BCUT2D eigenvalue weighted by Gasteiger charge is 2.43. The molecule has 1 aliphatic rings. The van der Waals surface area contributed by atoms with Crippen LogP contribution in [0.4, 0.5) is 13.2 Å². The molecular formula is C25H22ClF3N2O. The molecule has 0 saturated heterocycles. The third-order valence-electron chi connectivity index (χ3n) is 5.79. The molecule has 3 aromatic rings. The first-order chi connectivity index (χ1) is 15.2. The summed E-state index contributed by atoms with van der Waals surface area (Å²) in [5, 5.41) is 3.50. The average Bonchev–Trinajstić information content (AvgIpc) is 3.59. The number of rotatable bonds is 6. The third-order valence-corrected chi connectivity index (χ3v) is 6.01. The molecule has 1 N–H and O–H groups in total. The zero-order chi connectivity index (χ0) is 22.9. The highest BCUT2D eigenvalue weighted by Crippen LogP contribution is 2.40. The molecular weight excluding hydrogens is 437 g/mol. The van der Waals surface area contributed by atoms with Gasteiger partial charge in [-0.2, -0.15) is 13.2 Å². The van der Waals surface area contributed by atoms with Gasteiger partial charge in [-0.15, -0.1) is 0 Å². The highest BCUT2D eigenvalue weighted by atomic mass is 35.5. The fraction of sp³-hybridized carbons (Fsp3) is 0.280. The molecule has 3 nitrogen and oxygen atoms in total. The van der Waals surface area contributed by atoms with Crippen LogP contribution >= 0.6 is 11.6 Å². The molecule has 0 bridgehead atoms. The number of benzene rings is 2. The van der Waals surface area contributed by atoms with Crippen molar-refractivity contribution in [3.05, 3.63) is 99.8 Å². The Morgan fingerprint density at radius 2 is 1.81 bits per heavy atom. The van der Waals surface area contributed by atoms with Crippen LogP contribution in [0.2, 0.25) is 5.02 Å². The molecule has 1 amide bonds. The molecule has 2 aromatic carbocycles. The summed E-state index contributed by atoms with van der Waals surface area (Å²) in [6.07, 6.45) is -1.30. The van der Waals surface area contributed by atoms with Crippen molar-refractivity contribution >= 4 is 17.5 Å². The largest absolute Gasteiger partial charge is 0.416 e. The van der Waals surface area contributed by atoms with Crippen LogP contribution in [0, 0.1) is 12.8 Å². The molecule has 1 fully saturated rings. The number of carbonyl (C=O) groups is 1. The lowest BCUT2D eigenvalue weighted by atomic mass is 9.77. The zero-order valence-corrected chi connectivity index (χ0v) is 18.2. The first kappa shape index (κ1) is 22.3. The molecule has 0 radical (unpaired) electrons. The van der Waals surface area contributed by atoms with Crippen molar-refractivity contribution in [2.75, 3.05) is 0 Å². The van der Waals surface area contributed by atoms with E-state index < -0.39 is 17.3 Å². The van der Waals surface area contributed by atoms with Gasteiger partial charge in [0.25, 0.3) is 0 Å². The molecule has 7 heteroatoms. The molecule has 0 spiro atoms. The van der Waals surface area contributed by atoms with Gasteiger partial charge in [-0.1, -0.05) is 48.0 Å². The molecule has 1 saturated carbocycles. The van der Waals surface area contributed by atoms with Crippen LogP contribution in [0.3, 0.4) is 0 Å². The smallest absolute Gasteiger partial charge is 0.340 e. The predicted octanol–water partition coefficient (Wildman–Crippen LogP) is 6.07. The number of amides is 1. The summed E-state index contributed by atoms with van der Waals surface area (Å²) in [6.45, 7) is 1.74. The minimum absolute atomic E-state index is 0.136. The summed E-state index contributed by atoms with van der Waals surface area (Å²) in [6, 6.07) is 16.3. The molecule has 1 aromatic heterocycles. The summed E-state index contributed by atoms with van der Waals surface area (Å²) in [5.74, 6) is -0.321. The number of hydrogen-bond acceptors (Lipinski definition) is 2. The number of hydrogen-bond donors (Lipinski definition) is 1. The Hall–Kier alpha value is -2.86. The average molecular weight is 459 g/mol. The lowest BCUT2D eigenvalue weighted by Gasteiger charge is -2.37. The van der Waals surface area contributed by atoms with Gasteiger partial charge in [-0.25, -0.2) is 0 Å². The second kappa shape index (κ2) is 8.58. The highest BCUT2D eigenvalue weighted by molar-refractivity contribution is 6.30. The van der Waals surface area contributed by atoms with Crippen molar-refractivity contribution in [2.45, 2.75) is 37.9 Å². The maximum Gasteiger partial charge on any atom is 0.416 e. The number of nitrogens with one attached hydrogen (secondary N) is 1. The molecule has 1 aliphatic carbocycles. The molecule has 1 atom stereocenters. The number of alkyl halides is 3. The summed E-state index contributed by atoms with van der Waals surface area (Å²) in [7, 11) is 0. The van der Waals surface area contributed by atoms with Gasteiger partial charge in [-0.3, -0.25) is 9.78 Å². The van der Waals surface area contributed by atoms with Gasteiger partial charge < -0.3 is 5.32 Å². The fourth-order valence-corrected chi connectivity index (χ4v) is 4.06. The normalized spacial score (nSPS) is 15.8. The van der Waals surface area contributed by atoms with Crippen LogP contribution in [-0.2, 0) is 22.9 Å². The molecule has 166 valence electrons. The van der Waals surface area contributed by atoms with Gasteiger partial charge in [0.2, 0.25) is 5.91 Å². The molecule has 32 heavy (non-hydrogen) atoms. The third kappa shape index (κ3) is 4.65. The van der Waals surface area contributed by atoms with Crippen LogP contribution in [0.15, 0.2) is 66.9 Å². The molecule has 1 heterocycles. The zero-order valence-electron chi connectivity index (χ0n) is 17.4. The van der Waals surface area contributed by atoms with Gasteiger partial charge in [0.15, 0.2) is 0 Å². The Labute approximate surface area is 189 Å². The Balaban J connectivity index is 1.96. The van der Waals surface area contributed by atoms with Crippen LogP contribution in [-0.4, -0.2) is 10.9 Å². The van der Waals surface area contributed by atoms with E-state index in [1.165, 1.54) is 12.3 Å². The van der Waals surface area contributed by atoms with Crippen molar-refractivity contribution in [3.8, 4) is 0 Å². The standard InChI is InChI=1S/C25H22ClF3N2O/c1-16-7-10-19(25(27,28)29)13-21(16)24(31-23(32)18-8-9-18,14-17-5-3-2-4-6-17)22-12-11-20(26)15-30-22/h2-7,10-13,15,18H,8-9,14H2,1H3,(H,31,32)/t24-/m0/s1. The first-order valence-electron chi connectivity index (χ1n) is 10.4. The summed E-state index contributed by atoms with van der Waals surface area (Å²) in [4.78, 5) is 17.5. The molecule has 4 rings (SSSR count). The first-order valence-corrected chi connectivity index (χ1v) is 10.7. The minimum atomic E-state index is -4.52. The van der Waals surface area contributed by atoms with E-state index in [0.717, 1.165) is 30.5 Å². The van der Waals surface area contributed by atoms with Crippen molar-refractivity contribution in [1.82, 2.24) is 10.3 Å². The summed E-state index contributed by atoms with van der Waals surface area (Å²) < 4.78 is 41.0. The Morgan fingerprint density at radius 3 is 2.41 bits per heavy atom. The number of pyridine rings is 1. The van der Waals surface area contributed by atoms with E-state index in [2.05, 4.69) is 10.3 Å². The van der Waals surface area contributed by atoms with E-state index in [1.54, 1.807) is 19.1 Å². The van der Waals surface area contributed by atoms with Gasteiger partial charge in [0.1, 0.15) is 5.54 Å². The lowest BCUT2D eigenvalue weighted by Crippen LogP contribution is -2.50. The maximum absolute atomic E-state index is 13.7.